The third kappa shape index (κ3) is 2.05. The molecule has 74 valence electrons. The monoisotopic (exact) mass is 231 g/mol. The Bertz CT molecular complexity index is 391. The molecule has 0 unspecified atom stereocenters. The van der Waals surface area contributed by atoms with Crippen LogP contribution in [0.15, 0.2) is 12.6 Å². The molecule has 0 bridgehead atoms. The maximum absolute atomic E-state index is 11.2. The van der Waals surface area contributed by atoms with Crippen LogP contribution in [-0.4, -0.2) is 18.1 Å². The van der Waals surface area contributed by atoms with Crippen molar-refractivity contribution < 1.29 is 9.53 Å². The van der Waals surface area contributed by atoms with Gasteiger partial charge in [-0.15, -0.1) is 0 Å². The Hall–Kier alpha value is -1.06. The second-order valence-corrected chi connectivity index (χ2v) is 3.18. The Morgan fingerprint density at radius 3 is 2.79 bits per heavy atom. The Kier molecular flexibility index (Phi) is 3.49. The molecule has 0 saturated carbocycles. The first-order valence-electron chi connectivity index (χ1n) is 3.67. The van der Waals surface area contributed by atoms with Crippen LogP contribution in [0.4, 0.5) is 0 Å². The molecule has 0 saturated heterocycles. The minimum Gasteiger partial charge on any atom is -0.464 e. The van der Waals surface area contributed by atoms with Crippen LogP contribution in [0.1, 0.15) is 16.1 Å². The first-order chi connectivity index (χ1) is 6.60. The number of carbonyl (C=O) groups excluding carboxylic acids is 1. The summed E-state index contributed by atoms with van der Waals surface area (Å²) < 4.78 is 4.52. The van der Waals surface area contributed by atoms with Gasteiger partial charge in [-0.1, -0.05) is 35.9 Å². The summed E-state index contributed by atoms with van der Waals surface area (Å²) in [5.74, 6) is -0.593. The van der Waals surface area contributed by atoms with Crippen molar-refractivity contribution in [2.45, 2.75) is 0 Å². The Labute approximate surface area is 91.3 Å². The number of esters is 1. The standard InChI is InChI=1S/C9H7Cl2NO2/c1-3-5-6(10)4-7(11)12-8(5)9(13)14-2/h3-4H,1H2,2H3. The number of rotatable bonds is 2. The maximum Gasteiger partial charge on any atom is 0.357 e. The fourth-order valence-electron chi connectivity index (χ4n) is 0.941. The third-order valence-electron chi connectivity index (χ3n) is 1.56. The summed E-state index contributed by atoms with van der Waals surface area (Å²) in [5.41, 5.74) is 0.489. The van der Waals surface area contributed by atoms with Gasteiger partial charge in [-0.05, 0) is 6.07 Å². The van der Waals surface area contributed by atoms with E-state index in [2.05, 4.69) is 16.3 Å². The van der Waals surface area contributed by atoms with Crippen LogP contribution in [0.3, 0.4) is 0 Å². The van der Waals surface area contributed by atoms with Gasteiger partial charge in [-0.25, -0.2) is 9.78 Å². The average Bonchev–Trinajstić information content (AvgIpc) is 2.15. The predicted molar refractivity (Wildman–Crippen MR) is 55.7 cm³/mol. The maximum atomic E-state index is 11.2. The lowest BCUT2D eigenvalue weighted by Gasteiger charge is -2.05. The number of hydrogen-bond donors (Lipinski definition) is 0. The van der Waals surface area contributed by atoms with Crippen molar-refractivity contribution in [1.82, 2.24) is 4.98 Å². The van der Waals surface area contributed by atoms with Crippen molar-refractivity contribution in [3.05, 3.63) is 34.1 Å². The van der Waals surface area contributed by atoms with E-state index in [0.29, 0.717) is 10.6 Å². The minimum atomic E-state index is -0.593. The highest BCUT2D eigenvalue weighted by atomic mass is 35.5. The zero-order chi connectivity index (χ0) is 10.7. The number of halogens is 2. The van der Waals surface area contributed by atoms with Gasteiger partial charge in [-0.2, -0.15) is 0 Å². The molecule has 1 aromatic heterocycles. The van der Waals surface area contributed by atoms with Crippen LogP contribution in [0, 0.1) is 0 Å². The van der Waals surface area contributed by atoms with Crippen LogP contribution >= 0.6 is 23.2 Å². The first kappa shape index (κ1) is 11.0. The summed E-state index contributed by atoms with van der Waals surface area (Å²) in [6.07, 6.45) is 1.43. The molecule has 0 atom stereocenters. The van der Waals surface area contributed by atoms with Crippen LogP contribution in [0.2, 0.25) is 10.2 Å². The highest BCUT2D eigenvalue weighted by Crippen LogP contribution is 2.23. The fraction of sp³-hybridized carbons (Fsp3) is 0.111. The highest BCUT2D eigenvalue weighted by Gasteiger charge is 2.15. The van der Waals surface area contributed by atoms with E-state index in [-0.39, 0.29) is 10.8 Å². The Balaban J connectivity index is 3.39. The van der Waals surface area contributed by atoms with E-state index >= 15 is 0 Å². The van der Waals surface area contributed by atoms with E-state index in [9.17, 15) is 4.79 Å². The van der Waals surface area contributed by atoms with Gasteiger partial charge in [0.05, 0.1) is 12.1 Å². The molecule has 1 heterocycles. The van der Waals surface area contributed by atoms with E-state index in [1.807, 2.05) is 0 Å². The van der Waals surface area contributed by atoms with Crippen LogP contribution in [-0.2, 0) is 4.74 Å². The summed E-state index contributed by atoms with van der Waals surface area (Å²) in [7, 11) is 1.26. The Morgan fingerprint density at radius 1 is 1.64 bits per heavy atom. The van der Waals surface area contributed by atoms with Crippen LogP contribution in [0.5, 0.6) is 0 Å². The fourth-order valence-corrected chi connectivity index (χ4v) is 1.46. The van der Waals surface area contributed by atoms with Crippen molar-refractivity contribution in [2.75, 3.05) is 7.11 Å². The molecular formula is C9H7Cl2NO2. The zero-order valence-corrected chi connectivity index (χ0v) is 8.89. The molecule has 14 heavy (non-hydrogen) atoms. The number of pyridine rings is 1. The van der Waals surface area contributed by atoms with Crippen molar-refractivity contribution in [1.29, 1.82) is 0 Å². The summed E-state index contributed by atoms with van der Waals surface area (Å²) >= 11 is 11.5. The minimum absolute atomic E-state index is 0.0694. The van der Waals surface area contributed by atoms with E-state index < -0.39 is 5.97 Å². The summed E-state index contributed by atoms with van der Waals surface area (Å²) in [6, 6.07) is 1.44. The van der Waals surface area contributed by atoms with Gasteiger partial charge in [0.15, 0.2) is 5.69 Å². The molecule has 1 aromatic rings. The van der Waals surface area contributed by atoms with Gasteiger partial charge in [0, 0.05) is 5.56 Å². The van der Waals surface area contributed by atoms with Crippen LogP contribution in [0.25, 0.3) is 6.08 Å². The van der Waals surface area contributed by atoms with Crippen molar-refractivity contribution in [2.24, 2.45) is 0 Å². The van der Waals surface area contributed by atoms with E-state index in [1.54, 1.807) is 0 Å². The zero-order valence-electron chi connectivity index (χ0n) is 7.38. The second kappa shape index (κ2) is 4.44. The molecule has 0 amide bonds. The number of aromatic nitrogens is 1. The van der Waals surface area contributed by atoms with Gasteiger partial charge in [0.2, 0.25) is 0 Å². The number of carbonyl (C=O) groups is 1. The summed E-state index contributed by atoms with van der Waals surface area (Å²) in [4.78, 5) is 15.1. The first-order valence-corrected chi connectivity index (χ1v) is 4.42. The van der Waals surface area contributed by atoms with Crippen molar-refractivity contribution >= 4 is 35.2 Å². The van der Waals surface area contributed by atoms with E-state index in [1.165, 1.54) is 19.3 Å². The smallest absolute Gasteiger partial charge is 0.357 e. The molecule has 0 N–H and O–H groups in total. The lowest BCUT2D eigenvalue weighted by Crippen LogP contribution is -2.07. The molecule has 0 aliphatic rings. The quantitative estimate of drug-likeness (QED) is 0.581. The third-order valence-corrected chi connectivity index (χ3v) is 2.07. The number of ether oxygens (including phenoxy) is 1. The van der Waals surface area contributed by atoms with Gasteiger partial charge >= 0.3 is 5.97 Å². The van der Waals surface area contributed by atoms with E-state index in [0.717, 1.165) is 0 Å². The molecule has 0 radical (unpaired) electrons. The molecule has 0 aliphatic heterocycles. The molecule has 0 fully saturated rings. The molecule has 1 rings (SSSR count). The Morgan fingerprint density at radius 2 is 2.29 bits per heavy atom. The summed E-state index contributed by atoms with van der Waals surface area (Å²) in [6.45, 7) is 3.52. The number of methoxy groups -OCH3 is 1. The molecule has 0 aromatic carbocycles. The number of hydrogen-bond acceptors (Lipinski definition) is 3. The van der Waals surface area contributed by atoms with Crippen molar-refractivity contribution in [3.63, 3.8) is 0 Å². The second-order valence-electron chi connectivity index (χ2n) is 2.38. The molecule has 0 spiro atoms. The normalized spacial score (nSPS) is 9.64. The highest BCUT2D eigenvalue weighted by molar-refractivity contribution is 6.35. The molecule has 0 aliphatic carbocycles. The van der Waals surface area contributed by atoms with Crippen molar-refractivity contribution in [3.8, 4) is 0 Å². The van der Waals surface area contributed by atoms with Gasteiger partial charge in [0.1, 0.15) is 5.15 Å². The van der Waals surface area contributed by atoms with Crippen LogP contribution < -0.4 is 0 Å². The molecule has 5 heteroatoms. The SMILES string of the molecule is C=Cc1c(Cl)cc(Cl)nc1C(=O)OC. The number of nitrogens with zero attached hydrogens (tertiary/aromatic N) is 1. The lowest BCUT2D eigenvalue weighted by atomic mass is 10.2. The van der Waals surface area contributed by atoms with Gasteiger partial charge in [0.25, 0.3) is 0 Å². The lowest BCUT2D eigenvalue weighted by molar-refractivity contribution is 0.0594. The van der Waals surface area contributed by atoms with E-state index in [4.69, 9.17) is 23.2 Å². The topological polar surface area (TPSA) is 39.2 Å². The average molecular weight is 232 g/mol. The molecule has 3 nitrogen and oxygen atoms in total. The summed E-state index contributed by atoms with van der Waals surface area (Å²) in [5, 5.41) is 0.460. The molecular weight excluding hydrogens is 225 g/mol. The van der Waals surface area contributed by atoms with Gasteiger partial charge < -0.3 is 4.74 Å². The van der Waals surface area contributed by atoms with Gasteiger partial charge in [-0.3, -0.25) is 0 Å². The predicted octanol–water partition coefficient (Wildman–Crippen LogP) is 2.82. The largest absolute Gasteiger partial charge is 0.464 e.